The van der Waals surface area contributed by atoms with Gasteiger partial charge in [0.15, 0.2) is 0 Å². The van der Waals surface area contributed by atoms with E-state index < -0.39 is 11.6 Å². The number of carbonyl (C=O) groups is 1. The van der Waals surface area contributed by atoms with Crippen molar-refractivity contribution in [3.8, 4) is 5.75 Å². The number of fused-ring (bicyclic) bond motifs is 3. The quantitative estimate of drug-likeness (QED) is 0.409. The molecule has 0 radical (unpaired) electrons. The highest BCUT2D eigenvalue weighted by Gasteiger charge is 2.25. The highest BCUT2D eigenvalue weighted by Crippen LogP contribution is 2.31. The SMILES string of the molecule is Cc1c(O)ccc2c(COC(=O)c3c4c(nc5ccccc35)CCC4)cc(=O)oc12. The molecule has 6 heteroatoms. The number of nitrogens with zero attached hydrogens (tertiary/aromatic N) is 1. The molecule has 0 saturated carbocycles. The number of phenolic OH excluding ortho intramolecular Hbond substituents is 1. The lowest BCUT2D eigenvalue weighted by Gasteiger charge is -2.13. The third kappa shape index (κ3) is 2.92. The van der Waals surface area contributed by atoms with Crippen molar-refractivity contribution in [3.63, 3.8) is 0 Å². The van der Waals surface area contributed by atoms with Crippen molar-refractivity contribution < 1.29 is 19.1 Å². The van der Waals surface area contributed by atoms with Crippen LogP contribution in [0.1, 0.15) is 39.2 Å². The number of aryl methyl sites for hydroxylation is 2. The Balaban J connectivity index is 1.54. The number of aromatic hydroxyl groups is 1. The minimum atomic E-state index is -0.558. The molecule has 0 spiro atoms. The maximum absolute atomic E-state index is 13.1. The van der Waals surface area contributed by atoms with Crippen molar-refractivity contribution in [2.45, 2.75) is 32.8 Å². The number of ether oxygens (including phenoxy) is 1. The van der Waals surface area contributed by atoms with Crippen LogP contribution in [0.5, 0.6) is 5.75 Å². The number of rotatable bonds is 3. The van der Waals surface area contributed by atoms with Gasteiger partial charge in [0.2, 0.25) is 0 Å². The van der Waals surface area contributed by atoms with Crippen LogP contribution in [0.4, 0.5) is 0 Å². The Hall–Kier alpha value is -3.67. The Kier molecular flexibility index (Phi) is 4.28. The lowest BCUT2D eigenvalue weighted by atomic mass is 10.0. The molecule has 0 amide bonds. The fourth-order valence-electron chi connectivity index (χ4n) is 4.19. The van der Waals surface area contributed by atoms with E-state index in [2.05, 4.69) is 0 Å². The first-order valence-electron chi connectivity index (χ1n) is 9.86. The van der Waals surface area contributed by atoms with Crippen LogP contribution >= 0.6 is 0 Å². The minimum absolute atomic E-state index is 0.0404. The van der Waals surface area contributed by atoms with Crippen molar-refractivity contribution in [1.82, 2.24) is 4.98 Å². The predicted octanol–water partition coefficient (Wildman–Crippen LogP) is 4.20. The summed E-state index contributed by atoms with van der Waals surface area (Å²) in [6.07, 6.45) is 2.62. The van der Waals surface area contributed by atoms with E-state index in [1.165, 1.54) is 12.1 Å². The van der Waals surface area contributed by atoms with Gasteiger partial charge >= 0.3 is 11.6 Å². The van der Waals surface area contributed by atoms with Crippen molar-refractivity contribution in [3.05, 3.63) is 80.8 Å². The molecule has 0 fully saturated rings. The zero-order valence-electron chi connectivity index (χ0n) is 16.4. The Bertz CT molecular complexity index is 1390. The van der Waals surface area contributed by atoms with Crippen molar-refractivity contribution in [1.29, 1.82) is 0 Å². The van der Waals surface area contributed by atoms with Crippen molar-refractivity contribution in [2.24, 2.45) is 0 Å². The normalized spacial score (nSPS) is 13.0. The maximum Gasteiger partial charge on any atom is 0.339 e. The molecule has 150 valence electrons. The minimum Gasteiger partial charge on any atom is -0.508 e. The molecule has 6 nitrogen and oxygen atoms in total. The summed E-state index contributed by atoms with van der Waals surface area (Å²) < 4.78 is 10.9. The standard InChI is InChI=1S/C24H19NO5/c1-13-20(26)10-9-15-14(11-21(27)30-23(13)15)12-29-24(28)22-16-5-2-3-7-18(16)25-19-8-4-6-17(19)22/h2-3,5,7,9-11,26H,4,6,8,12H2,1H3. The Morgan fingerprint density at radius 3 is 2.87 bits per heavy atom. The number of esters is 1. The van der Waals surface area contributed by atoms with E-state index in [1.54, 1.807) is 13.0 Å². The van der Waals surface area contributed by atoms with Gasteiger partial charge in [-0.1, -0.05) is 18.2 Å². The predicted molar refractivity (Wildman–Crippen MR) is 112 cm³/mol. The average molecular weight is 401 g/mol. The molecule has 1 N–H and O–H groups in total. The van der Waals surface area contributed by atoms with E-state index in [0.717, 1.165) is 41.4 Å². The van der Waals surface area contributed by atoms with Crippen LogP contribution in [-0.2, 0) is 24.2 Å². The number of hydrogen-bond donors (Lipinski definition) is 1. The fraction of sp³-hybridized carbons (Fsp3) is 0.208. The van der Waals surface area contributed by atoms with Gasteiger partial charge < -0.3 is 14.3 Å². The van der Waals surface area contributed by atoms with Crippen LogP contribution in [0.3, 0.4) is 0 Å². The molecule has 0 atom stereocenters. The van der Waals surface area contributed by atoms with E-state index in [-0.39, 0.29) is 12.4 Å². The van der Waals surface area contributed by atoms with Gasteiger partial charge in [-0.25, -0.2) is 9.59 Å². The molecular weight excluding hydrogens is 382 g/mol. The summed E-state index contributed by atoms with van der Waals surface area (Å²) in [5.74, 6) is -0.387. The highest BCUT2D eigenvalue weighted by atomic mass is 16.5. The molecule has 5 rings (SSSR count). The lowest BCUT2D eigenvalue weighted by molar-refractivity contribution is 0.0475. The lowest BCUT2D eigenvalue weighted by Crippen LogP contribution is -2.12. The van der Waals surface area contributed by atoms with Gasteiger partial charge in [0.25, 0.3) is 0 Å². The second-order valence-electron chi connectivity index (χ2n) is 7.54. The van der Waals surface area contributed by atoms with Crippen molar-refractivity contribution >= 4 is 27.8 Å². The molecule has 30 heavy (non-hydrogen) atoms. The van der Waals surface area contributed by atoms with Gasteiger partial charge in [-0.3, -0.25) is 4.98 Å². The van der Waals surface area contributed by atoms with Crippen LogP contribution in [0.25, 0.3) is 21.9 Å². The number of para-hydroxylation sites is 1. The largest absolute Gasteiger partial charge is 0.508 e. The van der Waals surface area contributed by atoms with Crippen LogP contribution in [0, 0.1) is 6.92 Å². The summed E-state index contributed by atoms with van der Waals surface area (Å²) in [6.45, 7) is 1.60. The van der Waals surface area contributed by atoms with Crippen molar-refractivity contribution in [2.75, 3.05) is 0 Å². The topological polar surface area (TPSA) is 89.6 Å². The monoisotopic (exact) mass is 401 g/mol. The first kappa shape index (κ1) is 18.4. The van der Waals surface area contributed by atoms with Crippen LogP contribution in [0.2, 0.25) is 0 Å². The van der Waals surface area contributed by atoms with Crippen LogP contribution in [0.15, 0.2) is 51.7 Å². The number of aromatic nitrogens is 1. The number of phenols is 1. The number of pyridine rings is 1. The zero-order valence-corrected chi connectivity index (χ0v) is 16.4. The summed E-state index contributed by atoms with van der Waals surface area (Å²) in [7, 11) is 0. The fourth-order valence-corrected chi connectivity index (χ4v) is 4.19. The maximum atomic E-state index is 13.1. The zero-order chi connectivity index (χ0) is 20.8. The van der Waals surface area contributed by atoms with Crippen LogP contribution in [-0.4, -0.2) is 16.1 Å². The average Bonchev–Trinajstić information content (AvgIpc) is 3.21. The second-order valence-corrected chi connectivity index (χ2v) is 7.54. The molecule has 2 aromatic carbocycles. The van der Waals surface area contributed by atoms with Gasteiger partial charge in [-0.05, 0) is 49.9 Å². The van der Waals surface area contributed by atoms with Gasteiger partial charge in [0, 0.05) is 33.7 Å². The summed E-state index contributed by atoms with van der Waals surface area (Å²) in [4.78, 5) is 29.9. The summed E-state index contributed by atoms with van der Waals surface area (Å²) in [6, 6.07) is 12.1. The summed E-state index contributed by atoms with van der Waals surface area (Å²) in [5, 5.41) is 11.3. The Morgan fingerprint density at radius 2 is 2.00 bits per heavy atom. The van der Waals surface area contributed by atoms with Gasteiger partial charge in [0.1, 0.15) is 17.9 Å². The third-order valence-electron chi connectivity index (χ3n) is 5.70. The Labute approximate surface area is 171 Å². The first-order valence-corrected chi connectivity index (χ1v) is 9.86. The van der Waals surface area contributed by atoms with E-state index in [1.807, 2.05) is 24.3 Å². The molecule has 4 aromatic rings. The molecule has 1 aliphatic carbocycles. The van der Waals surface area contributed by atoms with Gasteiger partial charge in [-0.15, -0.1) is 0 Å². The smallest absolute Gasteiger partial charge is 0.339 e. The highest BCUT2D eigenvalue weighted by molar-refractivity contribution is 6.05. The molecule has 0 saturated heterocycles. The summed E-state index contributed by atoms with van der Waals surface area (Å²) in [5.41, 5.74) is 4.00. The molecule has 1 aliphatic rings. The third-order valence-corrected chi connectivity index (χ3v) is 5.70. The molecule has 2 heterocycles. The number of carbonyl (C=O) groups excluding carboxylic acids is 1. The molecule has 0 aliphatic heterocycles. The second kappa shape index (κ2) is 6.99. The number of hydrogen-bond acceptors (Lipinski definition) is 6. The number of benzene rings is 2. The van der Waals surface area contributed by atoms with E-state index in [4.69, 9.17) is 14.1 Å². The van der Waals surface area contributed by atoms with E-state index in [0.29, 0.717) is 27.7 Å². The molecular formula is C24H19NO5. The molecule has 2 aromatic heterocycles. The van der Waals surface area contributed by atoms with E-state index >= 15 is 0 Å². The van der Waals surface area contributed by atoms with Gasteiger partial charge in [-0.2, -0.15) is 0 Å². The van der Waals surface area contributed by atoms with E-state index in [9.17, 15) is 14.7 Å². The molecule has 0 bridgehead atoms. The van der Waals surface area contributed by atoms with Gasteiger partial charge in [0.05, 0.1) is 11.1 Å². The first-order chi connectivity index (χ1) is 14.5. The van der Waals surface area contributed by atoms with Crippen LogP contribution < -0.4 is 5.63 Å². The molecule has 0 unspecified atom stereocenters. The summed E-state index contributed by atoms with van der Waals surface area (Å²) >= 11 is 0. The Morgan fingerprint density at radius 1 is 1.17 bits per heavy atom.